The Morgan fingerprint density at radius 1 is 1.24 bits per heavy atom. The summed E-state index contributed by atoms with van der Waals surface area (Å²) in [4.78, 5) is 30.9. The molecule has 0 radical (unpaired) electrons. The second-order valence-corrected chi connectivity index (χ2v) is 10.5. The van der Waals surface area contributed by atoms with Gasteiger partial charge in [-0.3, -0.25) is 4.79 Å². The molecule has 9 heteroatoms. The van der Waals surface area contributed by atoms with Crippen LogP contribution < -0.4 is 10.6 Å². The molecule has 0 spiro atoms. The van der Waals surface area contributed by atoms with E-state index < -0.39 is 11.8 Å². The molecule has 3 unspecified atom stereocenters. The van der Waals surface area contributed by atoms with Crippen molar-refractivity contribution in [2.45, 2.75) is 97.9 Å². The van der Waals surface area contributed by atoms with Gasteiger partial charge in [0.05, 0.1) is 17.9 Å². The first-order valence-corrected chi connectivity index (χ1v) is 14.5. The number of terminal acetylenes is 1. The molecule has 0 bridgehead atoms. The first-order chi connectivity index (χ1) is 19.6. The lowest BCUT2D eigenvalue weighted by molar-refractivity contribution is -0.126. The lowest BCUT2D eigenvalue weighted by atomic mass is 9.76. The molecule has 226 valence electrons. The minimum absolute atomic E-state index is 0.00266. The number of alkyl carbamates (subject to hydrolysis) is 1. The zero-order chi connectivity index (χ0) is 30.8. The summed E-state index contributed by atoms with van der Waals surface area (Å²) in [7, 11) is 0. The summed E-state index contributed by atoms with van der Waals surface area (Å²) in [6.45, 7) is 10.3. The molecule has 1 aliphatic carbocycles. The van der Waals surface area contributed by atoms with Crippen molar-refractivity contribution in [1.82, 2.24) is 20.6 Å². The standard InChI is InChI=1S/C20H26FN3O2.C8H14N2O.C2H6.C2H2/c1-14-22-12-17(23-14)18(16-9-6-10-20(2,21)11-16)24-19(25)26-13-15-7-4-3-5-8-15;1-6(9)5-7-3-2-4-10-8(7)11;2*1-2/h3-5,7-8,12,16,18H,6,9-11,13H2,1-2H3,(H,22,23)(H,24,25);7,9H,2-5H2,1H3,(H,10,11);1-2H3;1-2H/t16-,18?,20?;;;/m0.../s1. The van der Waals surface area contributed by atoms with Crippen molar-refractivity contribution in [2.75, 3.05) is 6.54 Å². The number of nitrogens with one attached hydrogen (secondary N) is 4. The van der Waals surface area contributed by atoms with Crippen LogP contribution in [0.5, 0.6) is 0 Å². The number of nitrogens with zero attached hydrogens (tertiary/aromatic N) is 1. The van der Waals surface area contributed by atoms with Crippen molar-refractivity contribution in [3.63, 3.8) is 0 Å². The van der Waals surface area contributed by atoms with Gasteiger partial charge in [0.25, 0.3) is 0 Å². The number of aryl methyl sites for hydroxylation is 1. The van der Waals surface area contributed by atoms with Gasteiger partial charge in [-0.2, -0.15) is 0 Å². The van der Waals surface area contributed by atoms with Crippen molar-refractivity contribution in [2.24, 2.45) is 11.8 Å². The average Bonchev–Trinajstić information content (AvgIpc) is 3.40. The van der Waals surface area contributed by atoms with E-state index in [-0.39, 0.29) is 30.4 Å². The highest BCUT2D eigenvalue weighted by atomic mass is 19.1. The highest BCUT2D eigenvalue weighted by Crippen LogP contribution is 2.40. The molecule has 41 heavy (non-hydrogen) atoms. The van der Waals surface area contributed by atoms with Gasteiger partial charge in [-0.25, -0.2) is 14.2 Å². The number of amides is 2. The third-order valence-electron chi connectivity index (χ3n) is 6.93. The molecule has 2 aliphatic rings. The fourth-order valence-corrected chi connectivity index (χ4v) is 5.11. The molecule has 2 amide bonds. The van der Waals surface area contributed by atoms with Crippen molar-refractivity contribution in [3.05, 3.63) is 53.6 Å². The van der Waals surface area contributed by atoms with Gasteiger partial charge in [0, 0.05) is 18.2 Å². The summed E-state index contributed by atoms with van der Waals surface area (Å²) < 4.78 is 19.9. The van der Waals surface area contributed by atoms with Gasteiger partial charge >= 0.3 is 6.09 Å². The molecule has 1 saturated carbocycles. The van der Waals surface area contributed by atoms with Crippen LogP contribution in [-0.4, -0.2) is 39.9 Å². The van der Waals surface area contributed by atoms with Crippen LogP contribution in [0, 0.1) is 37.0 Å². The lowest BCUT2D eigenvalue weighted by Crippen LogP contribution is -2.39. The van der Waals surface area contributed by atoms with Crippen LogP contribution in [0.2, 0.25) is 0 Å². The molecule has 4 atom stereocenters. The number of hydrogen-bond acceptors (Lipinski definition) is 5. The molecule has 1 aromatic carbocycles. The summed E-state index contributed by atoms with van der Waals surface area (Å²) in [6.07, 6.45) is 14.5. The van der Waals surface area contributed by atoms with E-state index in [9.17, 15) is 14.0 Å². The van der Waals surface area contributed by atoms with Crippen LogP contribution in [0.15, 0.2) is 36.5 Å². The molecular formula is C32H48FN5O3. The summed E-state index contributed by atoms with van der Waals surface area (Å²) in [5, 5.41) is 13.0. The van der Waals surface area contributed by atoms with E-state index >= 15 is 0 Å². The second kappa shape index (κ2) is 18.6. The molecule has 2 fully saturated rings. The number of rotatable bonds is 7. The Hall–Kier alpha value is -3.67. The maximum atomic E-state index is 14.5. The Morgan fingerprint density at radius 3 is 2.49 bits per heavy atom. The topological polar surface area (TPSA) is 120 Å². The number of alkyl halides is 1. The minimum Gasteiger partial charge on any atom is -0.445 e. The number of imidazole rings is 1. The smallest absolute Gasteiger partial charge is 0.408 e. The van der Waals surface area contributed by atoms with Gasteiger partial charge < -0.3 is 25.8 Å². The highest BCUT2D eigenvalue weighted by molar-refractivity contribution is 5.87. The molecule has 1 aliphatic heterocycles. The number of ether oxygens (including phenoxy) is 1. The Labute approximate surface area is 245 Å². The maximum absolute atomic E-state index is 14.5. The zero-order valence-electron chi connectivity index (χ0n) is 25.3. The Morgan fingerprint density at radius 2 is 1.93 bits per heavy atom. The monoisotopic (exact) mass is 569 g/mol. The van der Waals surface area contributed by atoms with Gasteiger partial charge in [0.2, 0.25) is 5.91 Å². The Bertz CT molecular complexity index is 1080. The number of aromatic amines is 1. The fraction of sp³-hybridized carbons (Fsp3) is 0.562. The van der Waals surface area contributed by atoms with E-state index in [0.29, 0.717) is 25.0 Å². The van der Waals surface area contributed by atoms with Gasteiger partial charge in [0.1, 0.15) is 18.1 Å². The van der Waals surface area contributed by atoms with Crippen LogP contribution in [0.3, 0.4) is 0 Å². The minimum atomic E-state index is -1.20. The number of benzene rings is 1. The molecule has 4 rings (SSSR count). The van der Waals surface area contributed by atoms with Gasteiger partial charge in [-0.15, -0.1) is 12.8 Å². The van der Waals surface area contributed by atoms with Crippen molar-refractivity contribution in [1.29, 1.82) is 5.41 Å². The summed E-state index contributed by atoms with van der Waals surface area (Å²) >= 11 is 0. The summed E-state index contributed by atoms with van der Waals surface area (Å²) in [6, 6.07) is 9.18. The van der Waals surface area contributed by atoms with Crippen molar-refractivity contribution >= 4 is 17.7 Å². The summed E-state index contributed by atoms with van der Waals surface area (Å²) in [5.41, 5.74) is 1.12. The molecule has 1 saturated heterocycles. The quantitative estimate of drug-likeness (QED) is 0.216. The van der Waals surface area contributed by atoms with Gasteiger partial charge in [-0.05, 0) is 77.2 Å². The SMILES string of the molecule is C#C.CC.CC(=N)CC1CCCNC1=O.Cc1ncc(C(NC(=O)OCc2ccccc2)[C@H]2CCCC(C)(F)C2)[nH]1. The first kappa shape index (κ1) is 35.4. The molecular weight excluding hydrogens is 521 g/mol. The molecule has 2 heterocycles. The number of H-pyrrole nitrogens is 1. The van der Waals surface area contributed by atoms with Gasteiger partial charge in [-0.1, -0.05) is 44.2 Å². The van der Waals surface area contributed by atoms with Crippen molar-refractivity contribution < 1.29 is 18.7 Å². The van der Waals surface area contributed by atoms with Crippen molar-refractivity contribution in [3.8, 4) is 12.8 Å². The third-order valence-corrected chi connectivity index (χ3v) is 6.93. The second-order valence-electron chi connectivity index (χ2n) is 10.5. The molecule has 2 aromatic rings. The number of halogens is 1. The van der Waals surface area contributed by atoms with E-state index in [4.69, 9.17) is 10.1 Å². The normalized spacial score (nSPS) is 22.0. The largest absolute Gasteiger partial charge is 0.445 e. The van der Waals surface area contributed by atoms with Crippen LogP contribution in [0.25, 0.3) is 0 Å². The molecule has 8 nitrogen and oxygen atoms in total. The van der Waals surface area contributed by atoms with Crippen LogP contribution in [-0.2, 0) is 16.1 Å². The number of piperidine rings is 1. The van der Waals surface area contributed by atoms with Gasteiger partial charge in [0.15, 0.2) is 0 Å². The lowest BCUT2D eigenvalue weighted by Gasteiger charge is -2.36. The fourth-order valence-electron chi connectivity index (χ4n) is 5.11. The van der Waals surface area contributed by atoms with Crippen LogP contribution in [0.1, 0.15) is 95.8 Å². The third kappa shape index (κ3) is 13.0. The number of hydrogen-bond donors (Lipinski definition) is 4. The van der Waals surface area contributed by atoms with E-state index in [2.05, 4.69) is 33.4 Å². The van der Waals surface area contributed by atoms with E-state index in [1.54, 1.807) is 20.0 Å². The average molecular weight is 570 g/mol. The number of aromatic nitrogens is 2. The molecule has 4 N–H and O–H groups in total. The van der Waals surface area contributed by atoms with Crippen LogP contribution in [0.4, 0.5) is 9.18 Å². The Kier molecular flexibility index (Phi) is 16.1. The van der Waals surface area contributed by atoms with Crippen LogP contribution >= 0.6 is 0 Å². The van der Waals surface area contributed by atoms with E-state index in [0.717, 1.165) is 49.3 Å². The highest BCUT2D eigenvalue weighted by Gasteiger charge is 2.37. The first-order valence-electron chi connectivity index (χ1n) is 14.5. The number of carbonyl (C=O) groups is 2. The predicted molar refractivity (Wildman–Crippen MR) is 162 cm³/mol. The van der Waals surface area contributed by atoms with E-state index in [1.807, 2.05) is 51.1 Å². The maximum Gasteiger partial charge on any atom is 0.408 e. The number of carbonyl (C=O) groups excluding carboxylic acids is 2. The predicted octanol–water partition coefficient (Wildman–Crippen LogP) is 6.82. The zero-order valence-corrected chi connectivity index (χ0v) is 25.3. The molecule has 1 aromatic heterocycles. The Balaban J connectivity index is 0.000000468. The summed E-state index contributed by atoms with van der Waals surface area (Å²) in [5.74, 6) is 0.968. The van der Waals surface area contributed by atoms with E-state index in [1.165, 1.54) is 0 Å².